The van der Waals surface area contributed by atoms with Gasteiger partial charge in [0, 0.05) is 26.1 Å². The first-order valence-corrected chi connectivity index (χ1v) is 7.98. The summed E-state index contributed by atoms with van der Waals surface area (Å²) >= 11 is 0. The Bertz CT molecular complexity index is 591. The maximum Gasteiger partial charge on any atom is 0.410 e. The van der Waals surface area contributed by atoms with Crippen molar-refractivity contribution in [3.63, 3.8) is 0 Å². The van der Waals surface area contributed by atoms with Gasteiger partial charge in [0.05, 0.1) is 6.04 Å². The summed E-state index contributed by atoms with van der Waals surface area (Å²) in [6.07, 6.45) is 2.39. The van der Waals surface area contributed by atoms with Crippen LogP contribution < -0.4 is 0 Å². The van der Waals surface area contributed by atoms with Gasteiger partial charge in [-0.1, -0.05) is 24.3 Å². The highest BCUT2D eigenvalue weighted by Crippen LogP contribution is 2.29. The lowest BCUT2D eigenvalue weighted by Gasteiger charge is -2.35. The lowest BCUT2D eigenvalue weighted by molar-refractivity contribution is -0.134. The lowest BCUT2D eigenvalue weighted by atomic mass is 10.0. The first-order chi connectivity index (χ1) is 10.7. The minimum Gasteiger partial charge on any atom is -0.447 e. The second-order valence-corrected chi connectivity index (χ2v) is 6.51. The van der Waals surface area contributed by atoms with E-state index in [1.165, 1.54) is 11.1 Å². The number of fused-ring (bicyclic) bond motifs is 2. The molecule has 2 saturated heterocycles. The first kappa shape index (κ1) is 13.6. The molecule has 0 saturated carbocycles. The van der Waals surface area contributed by atoms with Crippen LogP contribution >= 0.6 is 0 Å². The largest absolute Gasteiger partial charge is 0.447 e. The van der Waals surface area contributed by atoms with Crippen LogP contribution in [-0.4, -0.2) is 54.1 Å². The number of benzene rings is 1. The Labute approximate surface area is 129 Å². The molecule has 1 aromatic carbocycles. The molecule has 0 radical (unpaired) electrons. The predicted molar refractivity (Wildman–Crippen MR) is 80.4 cm³/mol. The summed E-state index contributed by atoms with van der Waals surface area (Å²) < 4.78 is 5.05. The van der Waals surface area contributed by atoms with Crippen LogP contribution in [-0.2, 0) is 22.4 Å². The normalized spacial score (nSPS) is 24.2. The van der Waals surface area contributed by atoms with Crippen LogP contribution in [0.15, 0.2) is 24.3 Å². The van der Waals surface area contributed by atoms with Gasteiger partial charge in [-0.25, -0.2) is 4.79 Å². The van der Waals surface area contributed by atoms with Crippen LogP contribution in [0, 0.1) is 5.92 Å². The first-order valence-electron chi connectivity index (χ1n) is 7.98. The fourth-order valence-electron chi connectivity index (χ4n) is 3.89. The van der Waals surface area contributed by atoms with Gasteiger partial charge in [-0.05, 0) is 29.9 Å². The van der Waals surface area contributed by atoms with Crippen LogP contribution in [0.1, 0.15) is 17.5 Å². The van der Waals surface area contributed by atoms with Gasteiger partial charge in [0.15, 0.2) is 0 Å². The van der Waals surface area contributed by atoms with Crippen LogP contribution in [0.4, 0.5) is 4.79 Å². The van der Waals surface area contributed by atoms with Crippen LogP contribution in [0.5, 0.6) is 0 Å². The highest BCUT2D eigenvalue weighted by molar-refractivity contribution is 5.77. The van der Waals surface area contributed by atoms with Crippen molar-refractivity contribution in [2.24, 2.45) is 5.92 Å². The summed E-state index contributed by atoms with van der Waals surface area (Å²) in [5, 5.41) is 0. The average Bonchev–Trinajstić information content (AvgIpc) is 3.10. The molecular formula is C17H20N2O3. The van der Waals surface area contributed by atoms with Gasteiger partial charge < -0.3 is 9.64 Å². The van der Waals surface area contributed by atoms with Crippen LogP contribution in [0.25, 0.3) is 0 Å². The Morgan fingerprint density at radius 1 is 1.18 bits per heavy atom. The van der Waals surface area contributed by atoms with Gasteiger partial charge >= 0.3 is 6.09 Å². The van der Waals surface area contributed by atoms with E-state index in [4.69, 9.17) is 4.74 Å². The van der Waals surface area contributed by atoms with Crippen molar-refractivity contribution in [3.8, 4) is 0 Å². The number of rotatable bonds is 2. The molecule has 5 heteroatoms. The van der Waals surface area contributed by atoms with E-state index < -0.39 is 0 Å². The Balaban J connectivity index is 1.35. The van der Waals surface area contributed by atoms with Crippen molar-refractivity contribution < 1.29 is 14.3 Å². The van der Waals surface area contributed by atoms with E-state index in [0.29, 0.717) is 38.6 Å². The van der Waals surface area contributed by atoms with Crippen LogP contribution in [0.3, 0.4) is 0 Å². The summed E-state index contributed by atoms with van der Waals surface area (Å²) in [6, 6.07) is 8.52. The smallest absolute Gasteiger partial charge is 0.410 e. The minimum absolute atomic E-state index is 0.0472. The molecule has 0 N–H and O–H groups in total. The number of hydrogen-bond donors (Lipinski definition) is 0. The average molecular weight is 300 g/mol. The van der Waals surface area contributed by atoms with E-state index >= 15 is 0 Å². The number of cyclic esters (lactones) is 1. The molecule has 0 aromatic heterocycles. The van der Waals surface area contributed by atoms with Crippen molar-refractivity contribution in [2.75, 3.05) is 26.2 Å². The van der Waals surface area contributed by atoms with Crippen molar-refractivity contribution in [3.05, 3.63) is 35.4 Å². The number of hydrogen-bond acceptors (Lipinski definition) is 3. The van der Waals surface area contributed by atoms with Crippen LogP contribution in [0.2, 0.25) is 0 Å². The molecular weight excluding hydrogens is 280 g/mol. The van der Waals surface area contributed by atoms with Gasteiger partial charge in [-0.3, -0.25) is 9.69 Å². The zero-order valence-electron chi connectivity index (χ0n) is 12.5. The summed E-state index contributed by atoms with van der Waals surface area (Å²) in [7, 11) is 0. The monoisotopic (exact) mass is 300 g/mol. The number of ether oxygens (including phenoxy) is 1. The number of nitrogens with zero attached hydrogens (tertiary/aromatic N) is 2. The second kappa shape index (κ2) is 5.30. The maximum absolute atomic E-state index is 12.6. The summed E-state index contributed by atoms with van der Waals surface area (Å²) in [5.74, 6) is 0.640. The van der Waals surface area contributed by atoms with Crippen molar-refractivity contribution >= 4 is 12.0 Å². The highest BCUT2D eigenvalue weighted by Gasteiger charge is 2.39. The van der Waals surface area contributed by atoms with E-state index in [-0.39, 0.29) is 18.0 Å². The van der Waals surface area contributed by atoms with Gasteiger partial charge in [0.1, 0.15) is 6.61 Å². The Kier molecular flexibility index (Phi) is 3.28. The zero-order valence-corrected chi connectivity index (χ0v) is 12.5. The molecule has 2 fully saturated rings. The molecule has 1 aromatic rings. The van der Waals surface area contributed by atoms with Crippen molar-refractivity contribution in [1.29, 1.82) is 0 Å². The lowest BCUT2D eigenvalue weighted by Crippen LogP contribution is -2.53. The third-order valence-electron chi connectivity index (χ3n) is 5.07. The molecule has 5 nitrogen and oxygen atoms in total. The third-order valence-corrected chi connectivity index (χ3v) is 5.07. The molecule has 0 unspecified atom stereocenters. The van der Waals surface area contributed by atoms with Gasteiger partial charge in [0.25, 0.3) is 0 Å². The molecule has 2 amide bonds. The molecule has 116 valence electrons. The fourth-order valence-corrected chi connectivity index (χ4v) is 3.89. The summed E-state index contributed by atoms with van der Waals surface area (Å²) in [6.45, 7) is 2.26. The number of carbonyl (C=O) groups excluding carboxylic acids is 2. The molecule has 0 spiro atoms. The molecule has 2 aliphatic heterocycles. The van der Waals surface area contributed by atoms with Crippen molar-refractivity contribution in [2.45, 2.75) is 25.3 Å². The zero-order chi connectivity index (χ0) is 15.1. The van der Waals surface area contributed by atoms with E-state index in [1.807, 2.05) is 4.90 Å². The topological polar surface area (TPSA) is 49.9 Å². The van der Waals surface area contributed by atoms with E-state index in [1.54, 1.807) is 4.90 Å². The third kappa shape index (κ3) is 2.34. The van der Waals surface area contributed by atoms with E-state index in [2.05, 4.69) is 24.3 Å². The Morgan fingerprint density at radius 2 is 1.91 bits per heavy atom. The van der Waals surface area contributed by atoms with Crippen molar-refractivity contribution in [1.82, 2.24) is 9.80 Å². The molecule has 3 aliphatic rings. The number of amides is 2. The molecule has 4 rings (SSSR count). The van der Waals surface area contributed by atoms with Gasteiger partial charge in [0.2, 0.25) is 5.91 Å². The minimum atomic E-state index is -0.233. The van der Waals surface area contributed by atoms with E-state index in [0.717, 1.165) is 12.8 Å². The SMILES string of the molecule is O=C(CC1Cc2ccccc2C1)N1CCN2C(=O)OC[C@H]2C1. The molecule has 1 atom stereocenters. The molecule has 0 bridgehead atoms. The highest BCUT2D eigenvalue weighted by atomic mass is 16.6. The molecule has 22 heavy (non-hydrogen) atoms. The second-order valence-electron chi connectivity index (χ2n) is 6.51. The maximum atomic E-state index is 12.6. The van der Waals surface area contributed by atoms with Gasteiger partial charge in [-0.15, -0.1) is 0 Å². The fraction of sp³-hybridized carbons (Fsp3) is 0.529. The summed E-state index contributed by atoms with van der Waals surface area (Å²) in [4.78, 5) is 27.7. The standard InChI is InChI=1S/C17H20N2O3/c20-16(9-12-7-13-3-1-2-4-14(13)8-12)18-5-6-19-15(10-18)11-22-17(19)21/h1-4,12,15H,5-11H2/t15-/m1/s1. The summed E-state index contributed by atoms with van der Waals surface area (Å²) in [5.41, 5.74) is 2.78. The molecule has 1 aliphatic carbocycles. The molecule has 2 heterocycles. The number of carbonyl (C=O) groups is 2. The van der Waals surface area contributed by atoms with E-state index in [9.17, 15) is 9.59 Å². The predicted octanol–water partition coefficient (Wildman–Crippen LogP) is 1.45. The Morgan fingerprint density at radius 3 is 2.64 bits per heavy atom. The van der Waals surface area contributed by atoms with Gasteiger partial charge in [-0.2, -0.15) is 0 Å². The number of piperazine rings is 1. The Hall–Kier alpha value is -2.04. The quantitative estimate of drug-likeness (QED) is 0.831.